The topological polar surface area (TPSA) is 75.6 Å². The first-order chi connectivity index (χ1) is 9.48. The average molecular weight is 297 g/mol. The number of aliphatic hydroxyl groups excluding tert-OH is 1. The minimum Gasteiger partial charge on any atom is -0.395 e. The number of ether oxygens (including phenoxy) is 1. The van der Waals surface area contributed by atoms with Gasteiger partial charge in [0, 0.05) is 24.8 Å². The molecule has 1 rings (SSSR count). The van der Waals surface area contributed by atoms with Gasteiger partial charge in [0.25, 0.3) is 0 Å². The van der Waals surface area contributed by atoms with Crippen molar-refractivity contribution in [3.63, 3.8) is 0 Å². The van der Waals surface area contributed by atoms with Gasteiger partial charge in [-0.3, -0.25) is 4.72 Å². The van der Waals surface area contributed by atoms with Crippen molar-refractivity contribution in [1.82, 2.24) is 0 Å². The first kappa shape index (κ1) is 16.5. The zero-order valence-electron chi connectivity index (χ0n) is 11.6. The molecule has 1 aromatic carbocycles. The lowest BCUT2D eigenvalue weighted by molar-refractivity contribution is 0.217. The molecule has 0 aliphatic rings. The molecule has 0 radical (unpaired) electrons. The lowest BCUT2D eigenvalue weighted by atomic mass is 10.1. The first-order valence-corrected chi connectivity index (χ1v) is 7.83. The molecule has 0 fully saturated rings. The fraction of sp³-hybridized carbons (Fsp3) is 0.429. The summed E-state index contributed by atoms with van der Waals surface area (Å²) in [6.07, 6.45) is 0.421. The van der Waals surface area contributed by atoms with E-state index in [2.05, 4.69) is 16.6 Å². The molecular weight excluding hydrogens is 278 g/mol. The second kappa shape index (κ2) is 7.90. The predicted molar refractivity (Wildman–Crippen MR) is 79.0 cm³/mol. The molecule has 0 aromatic heterocycles. The number of benzene rings is 1. The van der Waals surface area contributed by atoms with Gasteiger partial charge in [0.2, 0.25) is 10.0 Å². The predicted octanol–water partition coefficient (Wildman–Crippen LogP) is 1.12. The van der Waals surface area contributed by atoms with Crippen LogP contribution in [0.2, 0.25) is 0 Å². The second-order valence-electron chi connectivity index (χ2n) is 4.22. The maximum atomic E-state index is 11.7. The highest BCUT2D eigenvalue weighted by Gasteiger charge is 2.10. The fourth-order valence-corrected chi connectivity index (χ4v) is 2.48. The SMILES string of the molecule is COCCS(=O)(=O)Nc1ccc(C#CCCO)c(C)c1. The molecular formula is C14H19NO4S. The third kappa shape index (κ3) is 5.61. The summed E-state index contributed by atoms with van der Waals surface area (Å²) in [5.74, 6) is 5.68. The Morgan fingerprint density at radius 2 is 2.15 bits per heavy atom. The molecule has 1 aromatic rings. The number of sulfonamides is 1. The number of aryl methyl sites for hydroxylation is 1. The van der Waals surface area contributed by atoms with Gasteiger partial charge in [-0.05, 0) is 30.7 Å². The molecule has 0 saturated carbocycles. The minimum atomic E-state index is -3.39. The normalized spacial score (nSPS) is 10.8. The lowest BCUT2D eigenvalue weighted by Gasteiger charge is -2.09. The van der Waals surface area contributed by atoms with E-state index >= 15 is 0 Å². The van der Waals surface area contributed by atoms with E-state index in [-0.39, 0.29) is 19.0 Å². The molecule has 5 nitrogen and oxygen atoms in total. The summed E-state index contributed by atoms with van der Waals surface area (Å²) in [7, 11) is -1.93. The van der Waals surface area contributed by atoms with Gasteiger partial charge in [0.1, 0.15) is 0 Å². The number of anilines is 1. The van der Waals surface area contributed by atoms with Gasteiger partial charge < -0.3 is 9.84 Å². The summed E-state index contributed by atoms with van der Waals surface area (Å²) in [6, 6.07) is 5.15. The van der Waals surface area contributed by atoms with Crippen LogP contribution in [0.4, 0.5) is 5.69 Å². The van der Waals surface area contributed by atoms with Crippen molar-refractivity contribution in [2.75, 3.05) is 30.8 Å². The van der Waals surface area contributed by atoms with Crippen LogP contribution in [0.5, 0.6) is 0 Å². The number of nitrogens with one attached hydrogen (secondary N) is 1. The molecule has 0 saturated heterocycles. The summed E-state index contributed by atoms with van der Waals surface area (Å²) in [5, 5.41) is 8.67. The van der Waals surface area contributed by atoms with Gasteiger partial charge in [0.15, 0.2) is 0 Å². The van der Waals surface area contributed by atoms with Crippen LogP contribution in [-0.4, -0.2) is 39.6 Å². The Bertz CT molecular complexity index is 599. The lowest BCUT2D eigenvalue weighted by Crippen LogP contribution is -2.19. The molecule has 6 heteroatoms. The van der Waals surface area contributed by atoms with Gasteiger partial charge in [-0.25, -0.2) is 8.42 Å². The van der Waals surface area contributed by atoms with Crippen molar-refractivity contribution >= 4 is 15.7 Å². The number of rotatable bonds is 6. The molecule has 0 aliphatic carbocycles. The van der Waals surface area contributed by atoms with Gasteiger partial charge in [-0.15, -0.1) is 0 Å². The quantitative estimate of drug-likeness (QED) is 0.772. The number of methoxy groups -OCH3 is 1. The van der Waals surface area contributed by atoms with E-state index in [1.165, 1.54) is 7.11 Å². The summed E-state index contributed by atoms with van der Waals surface area (Å²) in [4.78, 5) is 0. The highest BCUT2D eigenvalue weighted by Crippen LogP contribution is 2.15. The third-order valence-electron chi connectivity index (χ3n) is 2.52. The van der Waals surface area contributed by atoms with Crippen LogP contribution in [-0.2, 0) is 14.8 Å². The van der Waals surface area contributed by atoms with E-state index in [9.17, 15) is 8.42 Å². The molecule has 0 bridgehead atoms. The van der Waals surface area contributed by atoms with E-state index in [4.69, 9.17) is 9.84 Å². The van der Waals surface area contributed by atoms with Crippen molar-refractivity contribution in [3.05, 3.63) is 29.3 Å². The van der Waals surface area contributed by atoms with Crippen LogP contribution in [0, 0.1) is 18.8 Å². The van der Waals surface area contributed by atoms with E-state index in [0.29, 0.717) is 12.1 Å². The smallest absolute Gasteiger partial charge is 0.234 e. The Morgan fingerprint density at radius 3 is 2.75 bits per heavy atom. The summed E-state index contributed by atoms with van der Waals surface area (Å²) >= 11 is 0. The van der Waals surface area contributed by atoms with Crippen molar-refractivity contribution in [2.24, 2.45) is 0 Å². The van der Waals surface area contributed by atoms with Gasteiger partial charge >= 0.3 is 0 Å². The van der Waals surface area contributed by atoms with Crippen molar-refractivity contribution < 1.29 is 18.3 Å². The van der Waals surface area contributed by atoms with Crippen LogP contribution in [0.15, 0.2) is 18.2 Å². The van der Waals surface area contributed by atoms with E-state index in [0.717, 1.165) is 11.1 Å². The number of hydrogen-bond acceptors (Lipinski definition) is 4. The largest absolute Gasteiger partial charge is 0.395 e. The zero-order valence-corrected chi connectivity index (χ0v) is 12.5. The average Bonchev–Trinajstić information content (AvgIpc) is 2.39. The van der Waals surface area contributed by atoms with Crippen LogP contribution in [0.1, 0.15) is 17.5 Å². The molecule has 110 valence electrons. The maximum Gasteiger partial charge on any atom is 0.234 e. The van der Waals surface area contributed by atoms with Gasteiger partial charge in [0.05, 0.1) is 19.0 Å². The molecule has 0 amide bonds. The molecule has 20 heavy (non-hydrogen) atoms. The second-order valence-corrected chi connectivity index (χ2v) is 6.06. The standard InChI is InChI=1S/C14H19NO4S/c1-12-11-14(15-20(17,18)10-9-19-2)7-6-13(12)5-3-4-8-16/h6-7,11,15-16H,4,8-10H2,1-2H3. The van der Waals surface area contributed by atoms with E-state index < -0.39 is 10.0 Å². The van der Waals surface area contributed by atoms with Gasteiger partial charge in [-0.1, -0.05) is 11.8 Å². The number of hydrogen-bond donors (Lipinski definition) is 2. The van der Waals surface area contributed by atoms with Crippen LogP contribution >= 0.6 is 0 Å². The monoisotopic (exact) mass is 297 g/mol. The fourth-order valence-electron chi connectivity index (χ4n) is 1.50. The van der Waals surface area contributed by atoms with Crippen LogP contribution in [0.25, 0.3) is 0 Å². The summed E-state index contributed by atoms with van der Waals surface area (Å²) in [5.41, 5.74) is 2.20. The third-order valence-corrected chi connectivity index (χ3v) is 3.77. The van der Waals surface area contributed by atoms with Crippen molar-refractivity contribution in [2.45, 2.75) is 13.3 Å². The Hall–Kier alpha value is -1.55. The van der Waals surface area contributed by atoms with Crippen LogP contribution in [0.3, 0.4) is 0 Å². The van der Waals surface area contributed by atoms with E-state index in [1.807, 2.05) is 6.92 Å². The molecule has 0 unspecified atom stereocenters. The van der Waals surface area contributed by atoms with E-state index in [1.54, 1.807) is 18.2 Å². The Morgan fingerprint density at radius 1 is 1.40 bits per heavy atom. The number of aliphatic hydroxyl groups is 1. The molecule has 0 spiro atoms. The van der Waals surface area contributed by atoms with Crippen LogP contribution < -0.4 is 4.72 Å². The molecule has 0 aliphatic heterocycles. The summed E-state index contributed by atoms with van der Waals surface area (Å²) < 4.78 is 30.7. The summed E-state index contributed by atoms with van der Waals surface area (Å²) in [6.45, 7) is 2.04. The molecule has 0 heterocycles. The van der Waals surface area contributed by atoms with Gasteiger partial charge in [-0.2, -0.15) is 0 Å². The Labute approximate surface area is 120 Å². The zero-order chi connectivity index (χ0) is 15.0. The highest BCUT2D eigenvalue weighted by atomic mass is 32.2. The molecule has 2 N–H and O–H groups in total. The first-order valence-electron chi connectivity index (χ1n) is 6.18. The Balaban J connectivity index is 2.80. The Kier molecular flexibility index (Phi) is 6.52. The highest BCUT2D eigenvalue weighted by molar-refractivity contribution is 7.92. The van der Waals surface area contributed by atoms with Crippen molar-refractivity contribution in [1.29, 1.82) is 0 Å². The van der Waals surface area contributed by atoms with Crippen molar-refractivity contribution in [3.8, 4) is 11.8 Å². The minimum absolute atomic E-state index is 0.0312. The maximum absolute atomic E-state index is 11.7. The molecule has 0 atom stereocenters.